The lowest BCUT2D eigenvalue weighted by Crippen LogP contribution is -1.97. The molecule has 1 aromatic carbocycles. The molecule has 0 fully saturated rings. The molecule has 0 aliphatic carbocycles. The molecule has 0 aliphatic rings. The molecule has 1 rings (SSSR count). The standard InChI is InChI=1S/C10H12BrClO/c1-2-3-10(13)8-6-7(12)4-5-9(8)11/h4-6,10,13H,2-3H2,1H3. The third-order valence-corrected chi connectivity index (χ3v) is 2.84. The molecule has 0 saturated carbocycles. The van der Waals surface area contributed by atoms with Gasteiger partial charge in [0, 0.05) is 9.50 Å². The van der Waals surface area contributed by atoms with Crippen molar-refractivity contribution in [3.8, 4) is 0 Å². The van der Waals surface area contributed by atoms with E-state index in [0.29, 0.717) is 5.02 Å². The highest BCUT2D eigenvalue weighted by Crippen LogP contribution is 2.28. The molecule has 1 aromatic rings. The van der Waals surface area contributed by atoms with Crippen LogP contribution >= 0.6 is 27.5 Å². The van der Waals surface area contributed by atoms with E-state index < -0.39 is 6.10 Å². The van der Waals surface area contributed by atoms with Crippen molar-refractivity contribution in [1.82, 2.24) is 0 Å². The molecule has 0 spiro atoms. The van der Waals surface area contributed by atoms with Gasteiger partial charge in [0.1, 0.15) is 0 Å². The van der Waals surface area contributed by atoms with Gasteiger partial charge < -0.3 is 5.11 Å². The van der Waals surface area contributed by atoms with Gasteiger partial charge in [-0.05, 0) is 30.2 Å². The van der Waals surface area contributed by atoms with Gasteiger partial charge in [0.2, 0.25) is 0 Å². The fourth-order valence-corrected chi connectivity index (χ4v) is 1.89. The molecule has 1 atom stereocenters. The maximum absolute atomic E-state index is 9.74. The Kier molecular flexibility index (Phi) is 4.23. The highest BCUT2D eigenvalue weighted by molar-refractivity contribution is 9.10. The van der Waals surface area contributed by atoms with Gasteiger partial charge in [-0.15, -0.1) is 0 Å². The summed E-state index contributed by atoms with van der Waals surface area (Å²) in [5.41, 5.74) is 0.870. The predicted octanol–water partition coefficient (Wildman–Crippen LogP) is 3.94. The van der Waals surface area contributed by atoms with E-state index in [4.69, 9.17) is 11.6 Å². The Bertz CT molecular complexity index is 288. The minimum atomic E-state index is -0.418. The number of hydrogen-bond donors (Lipinski definition) is 1. The Morgan fingerprint density at radius 3 is 2.85 bits per heavy atom. The zero-order chi connectivity index (χ0) is 9.84. The van der Waals surface area contributed by atoms with Crippen LogP contribution in [0.5, 0.6) is 0 Å². The Balaban J connectivity index is 2.91. The molecule has 1 nitrogen and oxygen atoms in total. The van der Waals surface area contributed by atoms with Crippen molar-refractivity contribution in [2.45, 2.75) is 25.9 Å². The number of benzene rings is 1. The van der Waals surface area contributed by atoms with Crippen LogP contribution in [-0.4, -0.2) is 5.11 Å². The van der Waals surface area contributed by atoms with Crippen molar-refractivity contribution in [2.24, 2.45) is 0 Å². The second-order valence-corrected chi connectivity index (χ2v) is 4.26. The van der Waals surface area contributed by atoms with Gasteiger partial charge in [-0.25, -0.2) is 0 Å². The summed E-state index contributed by atoms with van der Waals surface area (Å²) in [4.78, 5) is 0. The summed E-state index contributed by atoms with van der Waals surface area (Å²) in [5.74, 6) is 0. The molecule has 0 radical (unpaired) electrons. The molecule has 0 amide bonds. The first-order valence-corrected chi connectivity index (χ1v) is 5.45. The molecule has 0 aromatic heterocycles. The number of aliphatic hydroxyl groups excluding tert-OH is 1. The zero-order valence-corrected chi connectivity index (χ0v) is 9.77. The van der Waals surface area contributed by atoms with Gasteiger partial charge in [-0.2, -0.15) is 0 Å². The molecule has 3 heteroatoms. The Morgan fingerprint density at radius 2 is 2.23 bits per heavy atom. The van der Waals surface area contributed by atoms with Crippen LogP contribution in [0.4, 0.5) is 0 Å². The molecule has 0 saturated heterocycles. The van der Waals surface area contributed by atoms with Gasteiger partial charge in [0.15, 0.2) is 0 Å². The Hall–Kier alpha value is -0.0500. The lowest BCUT2D eigenvalue weighted by molar-refractivity contribution is 0.166. The molecule has 13 heavy (non-hydrogen) atoms. The average molecular weight is 264 g/mol. The Labute approximate surface area is 91.9 Å². The second kappa shape index (κ2) is 4.99. The topological polar surface area (TPSA) is 20.2 Å². The zero-order valence-electron chi connectivity index (χ0n) is 7.43. The smallest absolute Gasteiger partial charge is 0.0801 e. The summed E-state index contributed by atoms with van der Waals surface area (Å²) >= 11 is 9.21. The van der Waals surface area contributed by atoms with E-state index in [-0.39, 0.29) is 0 Å². The molecule has 1 unspecified atom stereocenters. The lowest BCUT2D eigenvalue weighted by atomic mass is 10.1. The van der Waals surface area contributed by atoms with E-state index in [2.05, 4.69) is 15.9 Å². The van der Waals surface area contributed by atoms with Crippen LogP contribution in [0.1, 0.15) is 31.4 Å². The maximum atomic E-state index is 9.74. The second-order valence-electron chi connectivity index (χ2n) is 2.97. The van der Waals surface area contributed by atoms with Gasteiger partial charge in [0.25, 0.3) is 0 Å². The van der Waals surface area contributed by atoms with Crippen LogP contribution < -0.4 is 0 Å². The average Bonchev–Trinajstić information content (AvgIpc) is 2.09. The number of rotatable bonds is 3. The van der Waals surface area contributed by atoms with Gasteiger partial charge in [-0.3, -0.25) is 0 Å². The normalized spacial score (nSPS) is 12.9. The Morgan fingerprint density at radius 1 is 1.54 bits per heavy atom. The van der Waals surface area contributed by atoms with Crippen molar-refractivity contribution in [3.63, 3.8) is 0 Å². The van der Waals surface area contributed by atoms with Crippen molar-refractivity contribution >= 4 is 27.5 Å². The van der Waals surface area contributed by atoms with E-state index in [9.17, 15) is 5.11 Å². The molecular weight excluding hydrogens is 251 g/mol. The molecule has 0 bridgehead atoms. The van der Waals surface area contributed by atoms with Crippen LogP contribution in [0, 0.1) is 0 Å². The van der Waals surface area contributed by atoms with Crippen molar-refractivity contribution in [2.75, 3.05) is 0 Å². The summed E-state index contributed by atoms with van der Waals surface area (Å²) in [5, 5.41) is 10.4. The lowest BCUT2D eigenvalue weighted by Gasteiger charge is -2.11. The van der Waals surface area contributed by atoms with E-state index in [0.717, 1.165) is 22.9 Å². The van der Waals surface area contributed by atoms with Crippen molar-refractivity contribution < 1.29 is 5.11 Å². The molecule has 1 N–H and O–H groups in total. The summed E-state index contributed by atoms with van der Waals surface area (Å²) in [6, 6.07) is 5.45. The summed E-state index contributed by atoms with van der Waals surface area (Å²) < 4.78 is 0.915. The van der Waals surface area contributed by atoms with Gasteiger partial charge in [-0.1, -0.05) is 40.9 Å². The predicted molar refractivity (Wildman–Crippen MR) is 59.0 cm³/mol. The fourth-order valence-electron chi connectivity index (χ4n) is 1.20. The van der Waals surface area contributed by atoms with Crippen LogP contribution in [0.15, 0.2) is 22.7 Å². The molecule has 72 valence electrons. The molecular formula is C10H12BrClO. The molecule has 0 heterocycles. The quantitative estimate of drug-likeness (QED) is 0.876. The third-order valence-electron chi connectivity index (χ3n) is 1.88. The fraction of sp³-hybridized carbons (Fsp3) is 0.400. The summed E-state index contributed by atoms with van der Waals surface area (Å²) in [6.45, 7) is 2.04. The van der Waals surface area contributed by atoms with Crippen molar-refractivity contribution in [1.29, 1.82) is 0 Å². The maximum Gasteiger partial charge on any atom is 0.0801 e. The first kappa shape index (κ1) is 11.0. The van der Waals surface area contributed by atoms with E-state index in [1.165, 1.54) is 0 Å². The summed E-state index contributed by atoms with van der Waals surface area (Å²) in [6.07, 6.45) is 1.30. The van der Waals surface area contributed by atoms with Crippen LogP contribution in [0.3, 0.4) is 0 Å². The third kappa shape index (κ3) is 2.97. The summed E-state index contributed by atoms with van der Waals surface area (Å²) in [7, 11) is 0. The SMILES string of the molecule is CCCC(O)c1cc(Cl)ccc1Br. The highest BCUT2D eigenvalue weighted by atomic mass is 79.9. The first-order valence-electron chi connectivity index (χ1n) is 4.28. The van der Waals surface area contributed by atoms with Crippen LogP contribution in [0.25, 0.3) is 0 Å². The highest BCUT2D eigenvalue weighted by Gasteiger charge is 2.10. The van der Waals surface area contributed by atoms with E-state index in [1.807, 2.05) is 13.0 Å². The van der Waals surface area contributed by atoms with Gasteiger partial charge in [0.05, 0.1) is 6.10 Å². The van der Waals surface area contributed by atoms with Crippen LogP contribution in [-0.2, 0) is 0 Å². The molecule has 0 aliphatic heterocycles. The van der Waals surface area contributed by atoms with E-state index >= 15 is 0 Å². The largest absolute Gasteiger partial charge is 0.388 e. The van der Waals surface area contributed by atoms with E-state index in [1.54, 1.807) is 12.1 Å². The minimum absolute atomic E-state index is 0.418. The van der Waals surface area contributed by atoms with Gasteiger partial charge >= 0.3 is 0 Å². The number of aliphatic hydroxyl groups is 1. The van der Waals surface area contributed by atoms with Crippen molar-refractivity contribution in [3.05, 3.63) is 33.3 Å². The number of halogens is 2. The minimum Gasteiger partial charge on any atom is -0.388 e. The first-order chi connectivity index (χ1) is 6.15. The van der Waals surface area contributed by atoms with Crippen LogP contribution in [0.2, 0.25) is 5.02 Å². The monoisotopic (exact) mass is 262 g/mol. The number of hydrogen-bond acceptors (Lipinski definition) is 1.